The van der Waals surface area contributed by atoms with Crippen LogP contribution >= 0.6 is 0 Å². The summed E-state index contributed by atoms with van der Waals surface area (Å²) in [6, 6.07) is 4.52. The van der Waals surface area contributed by atoms with Gasteiger partial charge in [-0.2, -0.15) is 0 Å². The van der Waals surface area contributed by atoms with Crippen molar-refractivity contribution < 1.29 is 19.4 Å². The Balaban J connectivity index is 3.12. The molecule has 0 bridgehead atoms. The summed E-state index contributed by atoms with van der Waals surface area (Å²) in [4.78, 5) is 23.1. The van der Waals surface area contributed by atoms with Gasteiger partial charge in [-0.25, -0.2) is 9.59 Å². The molecule has 1 amide bonds. The first-order valence-corrected chi connectivity index (χ1v) is 10.8. The highest BCUT2D eigenvalue weighted by Gasteiger charge is 2.17. The van der Waals surface area contributed by atoms with Crippen LogP contribution in [0.15, 0.2) is 18.2 Å². The van der Waals surface area contributed by atoms with Gasteiger partial charge < -0.3 is 9.84 Å². The predicted molar refractivity (Wildman–Crippen MR) is 93.5 cm³/mol. The van der Waals surface area contributed by atoms with Gasteiger partial charge in [-0.05, 0) is 39.0 Å². The third-order valence-electron chi connectivity index (χ3n) is 2.41. The maximum absolute atomic E-state index is 11.8. The average Bonchev–Trinajstić information content (AvgIpc) is 2.32. The first-order valence-electron chi connectivity index (χ1n) is 7.27. The number of amides is 1. The Hall–Kier alpha value is -2.26. The van der Waals surface area contributed by atoms with Crippen molar-refractivity contribution in [3.05, 3.63) is 29.3 Å². The molecule has 0 aliphatic rings. The number of rotatable bonds is 2. The highest BCUT2D eigenvalue weighted by molar-refractivity contribution is 6.83. The molecule has 0 aliphatic heterocycles. The minimum absolute atomic E-state index is 0.0680. The zero-order chi connectivity index (χ0) is 17.8. The predicted octanol–water partition coefficient (Wildman–Crippen LogP) is 3.96. The smallest absolute Gasteiger partial charge is 0.412 e. The summed E-state index contributed by atoms with van der Waals surface area (Å²) in [5, 5.41) is 11.7. The Bertz CT molecular complexity index is 673. The van der Waals surface area contributed by atoms with Crippen LogP contribution < -0.4 is 5.32 Å². The van der Waals surface area contributed by atoms with Gasteiger partial charge >= 0.3 is 12.1 Å². The molecule has 0 aromatic heterocycles. The minimum atomic E-state index is -1.59. The van der Waals surface area contributed by atoms with Gasteiger partial charge in [0.1, 0.15) is 13.7 Å². The first-order chi connectivity index (χ1) is 10.4. The summed E-state index contributed by atoms with van der Waals surface area (Å²) in [5.41, 5.74) is 3.51. The zero-order valence-corrected chi connectivity index (χ0v) is 15.4. The van der Waals surface area contributed by atoms with Crippen LogP contribution in [-0.2, 0) is 4.74 Å². The normalized spacial score (nSPS) is 11.2. The minimum Gasteiger partial charge on any atom is -0.478 e. The van der Waals surface area contributed by atoms with Crippen LogP contribution in [0.3, 0.4) is 0 Å². The molecule has 0 saturated carbocycles. The van der Waals surface area contributed by atoms with Crippen LogP contribution in [0.2, 0.25) is 19.6 Å². The lowest BCUT2D eigenvalue weighted by molar-refractivity contribution is 0.0632. The maximum Gasteiger partial charge on any atom is 0.412 e. The molecule has 0 aliphatic carbocycles. The van der Waals surface area contributed by atoms with Crippen molar-refractivity contribution in [2.75, 3.05) is 5.32 Å². The van der Waals surface area contributed by atoms with E-state index in [0.717, 1.165) is 0 Å². The molecule has 0 fully saturated rings. The van der Waals surface area contributed by atoms with Crippen molar-refractivity contribution in [2.24, 2.45) is 0 Å². The third kappa shape index (κ3) is 7.52. The Kier molecular flexibility index (Phi) is 5.62. The number of nitrogens with one attached hydrogen (secondary N) is 1. The van der Waals surface area contributed by atoms with E-state index in [-0.39, 0.29) is 5.56 Å². The molecule has 0 saturated heterocycles. The van der Waals surface area contributed by atoms with E-state index in [4.69, 9.17) is 4.74 Å². The fraction of sp³-hybridized carbons (Fsp3) is 0.412. The molecule has 0 radical (unpaired) electrons. The fourth-order valence-corrected chi connectivity index (χ4v) is 2.10. The molecule has 5 nitrogen and oxygen atoms in total. The van der Waals surface area contributed by atoms with Gasteiger partial charge in [0.05, 0.1) is 5.56 Å². The SMILES string of the molecule is CC(C)(C)OC(=O)Nc1cc(C#C[Si](C)(C)C)cc(C(=O)O)c1. The van der Waals surface area contributed by atoms with Crippen LogP contribution in [0, 0.1) is 11.5 Å². The lowest BCUT2D eigenvalue weighted by Gasteiger charge is -2.19. The molecular formula is C17H23NO4Si. The van der Waals surface area contributed by atoms with Gasteiger partial charge in [0.15, 0.2) is 0 Å². The molecule has 1 aromatic rings. The quantitative estimate of drug-likeness (QED) is 0.634. The molecule has 6 heteroatoms. The Morgan fingerprint density at radius 2 is 1.78 bits per heavy atom. The van der Waals surface area contributed by atoms with Crippen molar-refractivity contribution in [2.45, 2.75) is 46.0 Å². The van der Waals surface area contributed by atoms with Crippen LogP contribution in [0.1, 0.15) is 36.7 Å². The molecule has 0 spiro atoms. The maximum atomic E-state index is 11.8. The summed E-state index contributed by atoms with van der Waals surface area (Å²) in [6.07, 6.45) is -0.635. The van der Waals surface area contributed by atoms with Crippen molar-refractivity contribution in [1.82, 2.24) is 0 Å². The third-order valence-corrected chi connectivity index (χ3v) is 3.28. The van der Waals surface area contributed by atoms with E-state index in [2.05, 4.69) is 36.4 Å². The lowest BCUT2D eigenvalue weighted by Crippen LogP contribution is -2.27. The number of carbonyl (C=O) groups excluding carboxylic acids is 1. The summed E-state index contributed by atoms with van der Waals surface area (Å²) in [5.74, 6) is 1.92. The molecule has 1 aromatic carbocycles. The monoisotopic (exact) mass is 333 g/mol. The topological polar surface area (TPSA) is 75.6 Å². The average molecular weight is 333 g/mol. The number of aromatic carboxylic acids is 1. The molecule has 124 valence electrons. The number of ether oxygens (including phenoxy) is 1. The molecule has 1 rings (SSSR count). The number of hydrogen-bond acceptors (Lipinski definition) is 3. The van der Waals surface area contributed by atoms with Crippen LogP contribution in [0.25, 0.3) is 0 Å². The highest BCUT2D eigenvalue weighted by Crippen LogP contribution is 2.17. The van der Waals surface area contributed by atoms with Crippen molar-refractivity contribution in [3.8, 4) is 11.5 Å². The van der Waals surface area contributed by atoms with E-state index < -0.39 is 25.7 Å². The summed E-state index contributed by atoms with van der Waals surface area (Å²) in [7, 11) is -1.59. The second kappa shape index (κ2) is 6.88. The summed E-state index contributed by atoms with van der Waals surface area (Å²) >= 11 is 0. The lowest BCUT2D eigenvalue weighted by atomic mass is 10.1. The second-order valence-electron chi connectivity index (χ2n) is 7.23. The Morgan fingerprint density at radius 3 is 2.26 bits per heavy atom. The number of hydrogen-bond donors (Lipinski definition) is 2. The van der Waals surface area contributed by atoms with E-state index in [1.807, 2.05) is 0 Å². The van der Waals surface area contributed by atoms with Crippen molar-refractivity contribution in [1.29, 1.82) is 0 Å². The van der Waals surface area contributed by atoms with Crippen LogP contribution in [0.5, 0.6) is 0 Å². The highest BCUT2D eigenvalue weighted by atomic mass is 28.3. The summed E-state index contributed by atoms with van der Waals surface area (Å²) in [6.45, 7) is 11.6. The van der Waals surface area contributed by atoms with Gasteiger partial charge in [-0.1, -0.05) is 25.6 Å². The van der Waals surface area contributed by atoms with E-state index in [9.17, 15) is 14.7 Å². The van der Waals surface area contributed by atoms with Gasteiger partial charge in [0.2, 0.25) is 0 Å². The van der Waals surface area contributed by atoms with Gasteiger partial charge in [-0.15, -0.1) is 5.54 Å². The summed E-state index contributed by atoms with van der Waals surface area (Å²) < 4.78 is 5.17. The molecule has 23 heavy (non-hydrogen) atoms. The Morgan fingerprint density at radius 1 is 1.17 bits per heavy atom. The molecule has 2 N–H and O–H groups in total. The molecule has 0 atom stereocenters. The standard InChI is InChI=1S/C17H23NO4Si/c1-17(2,3)22-16(21)18-14-10-12(7-8-23(4,5)6)9-13(11-14)15(19)20/h9-11H,1-6H3,(H,18,21)(H,19,20). The van der Waals surface area contributed by atoms with Crippen LogP contribution in [-0.4, -0.2) is 30.8 Å². The second-order valence-corrected chi connectivity index (χ2v) is 12.0. The van der Waals surface area contributed by atoms with Gasteiger partial charge in [0, 0.05) is 11.3 Å². The van der Waals surface area contributed by atoms with E-state index in [0.29, 0.717) is 11.3 Å². The van der Waals surface area contributed by atoms with Gasteiger partial charge in [0.25, 0.3) is 0 Å². The number of carboxylic acid groups (broad SMARTS) is 1. The fourth-order valence-electron chi connectivity index (χ4n) is 1.58. The molecule has 0 unspecified atom stereocenters. The number of carbonyl (C=O) groups is 2. The number of anilines is 1. The number of benzene rings is 1. The molecule has 0 heterocycles. The van der Waals surface area contributed by atoms with E-state index in [1.165, 1.54) is 12.1 Å². The van der Waals surface area contributed by atoms with Crippen molar-refractivity contribution >= 4 is 25.8 Å². The van der Waals surface area contributed by atoms with Gasteiger partial charge in [-0.3, -0.25) is 5.32 Å². The van der Waals surface area contributed by atoms with Crippen LogP contribution in [0.4, 0.5) is 10.5 Å². The van der Waals surface area contributed by atoms with E-state index in [1.54, 1.807) is 26.8 Å². The largest absolute Gasteiger partial charge is 0.478 e. The number of carboxylic acids is 1. The van der Waals surface area contributed by atoms with Crippen molar-refractivity contribution in [3.63, 3.8) is 0 Å². The first kappa shape index (κ1) is 18.8. The van der Waals surface area contributed by atoms with E-state index >= 15 is 0 Å². The zero-order valence-electron chi connectivity index (χ0n) is 14.4. The molecular weight excluding hydrogens is 310 g/mol. The Labute approximate surface area is 138 Å².